The molecule has 0 aliphatic heterocycles. The van der Waals surface area contributed by atoms with Crippen molar-refractivity contribution in [1.82, 2.24) is 4.57 Å². The van der Waals surface area contributed by atoms with Crippen LogP contribution < -0.4 is 5.56 Å². The number of esters is 1. The maximum absolute atomic E-state index is 13.9. The number of carbonyl (C=O) groups excluding carboxylic acids is 2. The minimum Gasteiger partial charge on any atom is -0.457 e. The molecule has 0 saturated heterocycles. The number of hydrogen-bond acceptors (Lipinski definition) is 5. The van der Waals surface area contributed by atoms with Crippen molar-refractivity contribution in [2.24, 2.45) is 7.05 Å². The van der Waals surface area contributed by atoms with Gasteiger partial charge in [0, 0.05) is 44.4 Å². The first-order chi connectivity index (χ1) is 20.0. The number of fused-ring (bicyclic) bond motifs is 2. The molecule has 0 amide bonds. The average Bonchev–Trinajstić information content (AvgIpc) is 3.02. The normalized spacial score (nSPS) is 11.2. The van der Waals surface area contributed by atoms with Crippen molar-refractivity contribution in [2.75, 3.05) is 0 Å². The molecule has 0 spiro atoms. The number of hydrogen-bond donors (Lipinski definition) is 0. The zero-order chi connectivity index (χ0) is 29.1. The van der Waals surface area contributed by atoms with Crippen LogP contribution in [-0.4, -0.2) is 16.3 Å². The monoisotopic (exact) mass is 556 g/mol. The highest BCUT2D eigenvalue weighted by Gasteiger charge is 2.32. The van der Waals surface area contributed by atoms with Crippen molar-refractivity contribution in [3.8, 4) is 11.1 Å². The van der Waals surface area contributed by atoms with E-state index in [9.17, 15) is 14.4 Å². The Morgan fingerprint density at radius 1 is 0.854 bits per heavy atom. The molecule has 0 unspecified atom stereocenters. The Labute approximate surface area is 241 Å². The molecule has 7 heteroatoms. The summed E-state index contributed by atoms with van der Waals surface area (Å²) >= 11 is 1.29. The van der Waals surface area contributed by atoms with Crippen LogP contribution >= 0.6 is 11.8 Å². The van der Waals surface area contributed by atoms with Crippen LogP contribution in [0.15, 0.2) is 119 Å². The molecule has 0 atom stereocenters. The largest absolute Gasteiger partial charge is 0.457 e. The van der Waals surface area contributed by atoms with E-state index in [1.165, 1.54) is 16.3 Å². The minimum atomic E-state index is -0.466. The third-order valence-electron chi connectivity index (χ3n) is 6.82. The molecule has 41 heavy (non-hydrogen) atoms. The van der Waals surface area contributed by atoms with E-state index in [-0.39, 0.29) is 18.1 Å². The first-order valence-corrected chi connectivity index (χ1v) is 13.5. The highest BCUT2D eigenvalue weighted by Crippen LogP contribution is 2.47. The van der Waals surface area contributed by atoms with Gasteiger partial charge in [-0.05, 0) is 35.4 Å². The van der Waals surface area contributed by atoms with Gasteiger partial charge in [-0.15, -0.1) is 13.2 Å². The van der Waals surface area contributed by atoms with E-state index in [4.69, 9.17) is 11.3 Å². The molecule has 6 nitrogen and oxygen atoms in total. The van der Waals surface area contributed by atoms with Gasteiger partial charge in [-0.2, -0.15) is 0 Å². The molecule has 0 saturated carbocycles. The van der Waals surface area contributed by atoms with Crippen LogP contribution in [0.1, 0.15) is 31.8 Å². The number of ether oxygens (including phenoxy) is 1. The Morgan fingerprint density at radius 2 is 1.51 bits per heavy atom. The Hall–Kier alpha value is -5.19. The van der Waals surface area contributed by atoms with Gasteiger partial charge in [-0.1, -0.05) is 78.5 Å². The molecule has 1 aliphatic rings. The number of rotatable bonds is 5. The van der Waals surface area contributed by atoms with E-state index in [0.29, 0.717) is 48.5 Å². The third kappa shape index (κ3) is 4.75. The summed E-state index contributed by atoms with van der Waals surface area (Å²) in [6.45, 7) is 13.9. The predicted molar refractivity (Wildman–Crippen MR) is 162 cm³/mol. The molecule has 1 heterocycles. The summed E-state index contributed by atoms with van der Waals surface area (Å²) in [6, 6.07) is 27.2. The van der Waals surface area contributed by atoms with Crippen LogP contribution in [-0.2, 0) is 18.4 Å². The number of pyridine rings is 1. The number of benzene rings is 4. The van der Waals surface area contributed by atoms with Crippen LogP contribution in [0.2, 0.25) is 0 Å². The van der Waals surface area contributed by atoms with Crippen molar-refractivity contribution >= 4 is 40.1 Å². The van der Waals surface area contributed by atoms with Gasteiger partial charge in [-0.25, -0.2) is 9.64 Å². The molecule has 0 fully saturated rings. The van der Waals surface area contributed by atoms with Crippen LogP contribution in [0.25, 0.3) is 26.9 Å². The first kappa shape index (κ1) is 27.4. The van der Waals surface area contributed by atoms with Crippen molar-refractivity contribution in [3.63, 3.8) is 0 Å². The lowest BCUT2D eigenvalue weighted by Crippen LogP contribution is -2.21. The van der Waals surface area contributed by atoms with Gasteiger partial charge in [0.1, 0.15) is 6.61 Å². The second kappa shape index (κ2) is 11.5. The van der Waals surface area contributed by atoms with E-state index in [1.54, 1.807) is 55.6 Å². The number of aryl methyl sites for hydroxylation is 1. The lowest BCUT2D eigenvalue weighted by atomic mass is 9.83. The average molecular weight is 557 g/mol. The third-order valence-corrected chi connectivity index (χ3v) is 7.96. The van der Waals surface area contributed by atoms with Crippen molar-refractivity contribution < 1.29 is 14.3 Å². The summed E-state index contributed by atoms with van der Waals surface area (Å²) < 4.78 is 7.00. The van der Waals surface area contributed by atoms with Crippen LogP contribution in [0.5, 0.6) is 0 Å². The summed E-state index contributed by atoms with van der Waals surface area (Å²) in [5.74, 6) is -0.656. The zero-order valence-corrected chi connectivity index (χ0v) is 23.0. The Balaban J connectivity index is 0.00000165. The Morgan fingerprint density at radius 3 is 2.24 bits per heavy atom. The van der Waals surface area contributed by atoms with Crippen LogP contribution in [0, 0.1) is 6.57 Å². The van der Waals surface area contributed by atoms with E-state index in [0.717, 1.165) is 5.56 Å². The van der Waals surface area contributed by atoms with Gasteiger partial charge in [0.15, 0.2) is 5.78 Å². The number of ketones is 1. The molecule has 0 bridgehead atoms. The van der Waals surface area contributed by atoms with Gasteiger partial charge in [0.05, 0.1) is 12.1 Å². The highest BCUT2D eigenvalue weighted by atomic mass is 32.2. The van der Waals surface area contributed by atoms with Crippen molar-refractivity contribution in [1.29, 1.82) is 0 Å². The van der Waals surface area contributed by atoms with Crippen LogP contribution in [0.4, 0.5) is 5.69 Å². The first-order valence-electron chi connectivity index (χ1n) is 12.7. The number of nitrogens with zero attached hydrogens (tertiary/aromatic N) is 2. The van der Waals surface area contributed by atoms with Crippen molar-refractivity contribution in [3.05, 3.63) is 148 Å². The molecule has 1 aromatic heterocycles. The Bertz CT molecular complexity index is 1940. The SMILES string of the molecule is C=C.[C-]#[N+]c1c2c3c(c(Sc4ccccc4C(=O)OCc4ccccc4)ccc3n(C)c1=O)C(=O)c1ccccc1-2. The summed E-state index contributed by atoms with van der Waals surface area (Å²) in [4.78, 5) is 44.9. The number of carbonyl (C=O) groups is 2. The molecule has 0 radical (unpaired) electrons. The van der Waals surface area contributed by atoms with E-state index in [1.807, 2.05) is 42.5 Å². The topological polar surface area (TPSA) is 69.7 Å². The van der Waals surface area contributed by atoms with Gasteiger partial charge in [0.2, 0.25) is 0 Å². The second-order valence-electron chi connectivity index (χ2n) is 9.07. The standard InChI is InChI=1S/C32H20N2O4S.C2H4/c1-33-29-26-20-12-6-7-13-21(20)30(35)28-25(17-16-23(27(26)28)34(2)31(29)36)39-24-15-9-8-14-22(24)32(37)38-18-19-10-4-3-5-11-19;1-2/h3-17H,18H2,2H3;1-2H2. The molecule has 0 N–H and O–H groups in total. The molecule has 5 aromatic rings. The smallest absolute Gasteiger partial charge is 0.339 e. The van der Waals surface area contributed by atoms with E-state index in [2.05, 4.69) is 18.0 Å². The Kier molecular flexibility index (Phi) is 7.68. The zero-order valence-electron chi connectivity index (χ0n) is 22.2. The highest BCUT2D eigenvalue weighted by molar-refractivity contribution is 7.99. The number of aromatic nitrogens is 1. The van der Waals surface area contributed by atoms with Gasteiger partial charge in [-0.3, -0.25) is 9.59 Å². The fourth-order valence-electron chi connectivity index (χ4n) is 4.95. The maximum Gasteiger partial charge on any atom is 0.339 e. The fraction of sp³-hybridized carbons (Fsp3) is 0.0588. The lowest BCUT2D eigenvalue weighted by Gasteiger charge is -2.24. The summed E-state index contributed by atoms with van der Waals surface area (Å²) in [7, 11) is 1.61. The molecule has 6 rings (SSSR count). The lowest BCUT2D eigenvalue weighted by molar-refractivity contribution is 0.0468. The molecular weight excluding hydrogens is 532 g/mol. The fourth-order valence-corrected chi connectivity index (χ4v) is 6.03. The summed E-state index contributed by atoms with van der Waals surface area (Å²) in [5.41, 5.74) is 3.33. The minimum absolute atomic E-state index is 0.0155. The molecule has 200 valence electrons. The summed E-state index contributed by atoms with van der Waals surface area (Å²) in [6.07, 6.45) is 0. The maximum atomic E-state index is 13.9. The van der Waals surface area contributed by atoms with Crippen LogP contribution in [0.3, 0.4) is 0 Å². The predicted octanol–water partition coefficient (Wildman–Crippen LogP) is 7.61. The van der Waals surface area contributed by atoms with Gasteiger partial charge >= 0.3 is 5.97 Å². The van der Waals surface area contributed by atoms with Crippen molar-refractivity contribution in [2.45, 2.75) is 16.4 Å². The second-order valence-corrected chi connectivity index (χ2v) is 10.2. The molecular formula is C34H24N2O4S. The van der Waals surface area contributed by atoms with E-state index >= 15 is 0 Å². The van der Waals surface area contributed by atoms with Gasteiger partial charge < -0.3 is 9.30 Å². The summed E-state index contributed by atoms with van der Waals surface area (Å²) in [5, 5.41) is 0.570. The molecule has 4 aromatic carbocycles. The van der Waals surface area contributed by atoms with E-state index < -0.39 is 11.5 Å². The quantitative estimate of drug-likeness (QED) is 0.124. The molecule has 1 aliphatic carbocycles. The van der Waals surface area contributed by atoms with Gasteiger partial charge in [0.25, 0.3) is 11.2 Å².